The lowest BCUT2D eigenvalue weighted by molar-refractivity contribution is -0.121. The summed E-state index contributed by atoms with van der Waals surface area (Å²) in [4.78, 5) is 38.0. The molecule has 2 amide bonds. The molecule has 146 valence electrons. The number of amides is 2. The Kier molecular flexibility index (Phi) is 6.81. The Balaban J connectivity index is 1.82. The predicted molar refractivity (Wildman–Crippen MR) is 114 cm³/mol. The van der Waals surface area contributed by atoms with Crippen LogP contribution in [-0.2, 0) is 4.79 Å². The van der Waals surface area contributed by atoms with Gasteiger partial charge in [-0.3, -0.25) is 19.7 Å². The number of carbonyl (C=O) groups excluding carboxylic acids is 3. The van der Waals surface area contributed by atoms with E-state index in [0.717, 1.165) is 0 Å². The van der Waals surface area contributed by atoms with E-state index in [-0.39, 0.29) is 12.2 Å². The normalized spacial score (nSPS) is 11.5. The number of carbonyl (C=O) groups is 3. The van der Waals surface area contributed by atoms with Crippen LogP contribution in [0, 0.1) is 0 Å². The topological polar surface area (TPSA) is 63.2 Å². The lowest BCUT2D eigenvalue weighted by Gasteiger charge is -2.16. The second kappa shape index (κ2) is 9.50. The van der Waals surface area contributed by atoms with Crippen molar-refractivity contribution < 1.29 is 14.4 Å². The van der Waals surface area contributed by atoms with Crippen LogP contribution in [0.3, 0.4) is 0 Å². The molecule has 3 rings (SSSR count). The maximum absolute atomic E-state index is 12.9. The zero-order valence-corrected chi connectivity index (χ0v) is 16.8. The fourth-order valence-electron chi connectivity index (χ4n) is 2.86. The van der Waals surface area contributed by atoms with Crippen molar-refractivity contribution in [3.8, 4) is 0 Å². The van der Waals surface area contributed by atoms with Gasteiger partial charge in [0.15, 0.2) is 5.78 Å². The van der Waals surface area contributed by atoms with Crippen molar-refractivity contribution in [1.82, 2.24) is 5.32 Å². The van der Waals surface area contributed by atoms with Crippen LogP contribution in [0.25, 0.3) is 0 Å². The highest BCUT2D eigenvalue weighted by molar-refractivity contribution is 6.31. The van der Waals surface area contributed by atoms with E-state index in [0.29, 0.717) is 26.7 Å². The smallest absolute Gasteiger partial charge is 0.257 e. The van der Waals surface area contributed by atoms with E-state index in [4.69, 9.17) is 23.2 Å². The second-order valence-corrected chi connectivity index (χ2v) is 7.30. The van der Waals surface area contributed by atoms with Crippen LogP contribution in [0.15, 0.2) is 78.9 Å². The highest BCUT2D eigenvalue weighted by atomic mass is 35.5. The van der Waals surface area contributed by atoms with Crippen LogP contribution in [-0.4, -0.2) is 17.6 Å². The summed E-state index contributed by atoms with van der Waals surface area (Å²) in [5.41, 5.74) is 1.40. The molecule has 6 heteroatoms. The van der Waals surface area contributed by atoms with Gasteiger partial charge in [-0.05, 0) is 42.0 Å². The molecule has 0 saturated carbocycles. The summed E-state index contributed by atoms with van der Waals surface area (Å²) in [6, 6.07) is 21.5. The van der Waals surface area contributed by atoms with E-state index in [2.05, 4.69) is 5.32 Å². The van der Waals surface area contributed by atoms with Crippen molar-refractivity contribution in [2.45, 2.75) is 12.3 Å². The van der Waals surface area contributed by atoms with E-state index in [1.807, 2.05) is 6.07 Å². The summed E-state index contributed by atoms with van der Waals surface area (Å²) in [7, 11) is 0. The zero-order chi connectivity index (χ0) is 20.8. The van der Waals surface area contributed by atoms with Gasteiger partial charge >= 0.3 is 0 Å². The molecule has 0 aliphatic carbocycles. The van der Waals surface area contributed by atoms with Gasteiger partial charge in [-0.2, -0.15) is 0 Å². The molecular weight excluding hydrogens is 409 g/mol. The molecule has 0 fully saturated rings. The number of imide groups is 1. The van der Waals surface area contributed by atoms with Crippen molar-refractivity contribution in [3.05, 3.63) is 106 Å². The minimum absolute atomic E-state index is 0.0780. The fourth-order valence-corrected chi connectivity index (χ4v) is 3.11. The monoisotopic (exact) mass is 425 g/mol. The Morgan fingerprint density at radius 1 is 0.724 bits per heavy atom. The maximum atomic E-state index is 12.9. The molecule has 1 N–H and O–H groups in total. The van der Waals surface area contributed by atoms with Crippen molar-refractivity contribution in [1.29, 1.82) is 0 Å². The van der Waals surface area contributed by atoms with Crippen LogP contribution in [0.4, 0.5) is 0 Å². The Morgan fingerprint density at radius 2 is 1.28 bits per heavy atom. The summed E-state index contributed by atoms with van der Waals surface area (Å²) in [5.74, 6) is -2.15. The van der Waals surface area contributed by atoms with E-state index >= 15 is 0 Å². The van der Waals surface area contributed by atoms with E-state index in [9.17, 15) is 14.4 Å². The molecule has 0 saturated heterocycles. The van der Waals surface area contributed by atoms with Crippen molar-refractivity contribution in [2.24, 2.45) is 0 Å². The van der Waals surface area contributed by atoms with Crippen LogP contribution >= 0.6 is 23.2 Å². The fraction of sp³-hybridized carbons (Fsp3) is 0.0870. The molecule has 0 spiro atoms. The first-order chi connectivity index (χ1) is 13.9. The van der Waals surface area contributed by atoms with Gasteiger partial charge in [0.05, 0.1) is 5.92 Å². The standard InChI is InChI=1S/C23H17Cl2NO3/c24-18-10-6-15(7-11-18)20(14-21(27)16-4-2-1-3-5-16)23(29)26-22(28)17-8-12-19(25)13-9-17/h1-13,20H,14H2,(H,26,28,29). The molecule has 0 aliphatic rings. The largest absolute Gasteiger partial charge is 0.294 e. The molecule has 1 unspecified atom stereocenters. The Morgan fingerprint density at radius 3 is 1.86 bits per heavy atom. The summed E-state index contributed by atoms with van der Waals surface area (Å²) in [6.07, 6.45) is -0.0780. The van der Waals surface area contributed by atoms with E-state index < -0.39 is 17.7 Å². The molecule has 0 aromatic heterocycles. The van der Waals surface area contributed by atoms with Gasteiger partial charge in [0.25, 0.3) is 5.91 Å². The van der Waals surface area contributed by atoms with E-state index in [1.165, 1.54) is 12.1 Å². The minimum atomic E-state index is -0.837. The number of ketones is 1. The van der Waals surface area contributed by atoms with Crippen LogP contribution < -0.4 is 5.32 Å². The van der Waals surface area contributed by atoms with Crippen LogP contribution in [0.5, 0.6) is 0 Å². The highest BCUT2D eigenvalue weighted by Gasteiger charge is 2.26. The Labute approximate surface area is 178 Å². The number of benzene rings is 3. The van der Waals surface area contributed by atoms with Gasteiger partial charge in [0.2, 0.25) is 5.91 Å². The van der Waals surface area contributed by atoms with E-state index in [1.54, 1.807) is 60.7 Å². The molecule has 3 aromatic rings. The number of halogens is 2. The van der Waals surface area contributed by atoms with Gasteiger partial charge in [-0.15, -0.1) is 0 Å². The molecule has 3 aromatic carbocycles. The maximum Gasteiger partial charge on any atom is 0.257 e. The third-order valence-electron chi connectivity index (χ3n) is 4.42. The SMILES string of the molecule is O=C(CC(C(=O)NC(=O)c1ccc(Cl)cc1)c1ccc(Cl)cc1)c1ccccc1. The van der Waals surface area contributed by atoms with Gasteiger partial charge in [-0.25, -0.2) is 0 Å². The average Bonchev–Trinajstić information content (AvgIpc) is 2.73. The number of hydrogen-bond acceptors (Lipinski definition) is 3. The number of hydrogen-bond donors (Lipinski definition) is 1. The molecule has 1 atom stereocenters. The van der Waals surface area contributed by atoms with Crippen molar-refractivity contribution in [3.63, 3.8) is 0 Å². The lowest BCUT2D eigenvalue weighted by Crippen LogP contribution is -2.35. The Bertz CT molecular complexity index is 1020. The molecule has 0 heterocycles. The second-order valence-electron chi connectivity index (χ2n) is 6.42. The van der Waals surface area contributed by atoms with Gasteiger partial charge in [-0.1, -0.05) is 65.7 Å². The number of nitrogens with one attached hydrogen (secondary N) is 1. The summed E-state index contributed by atoms with van der Waals surface area (Å²) >= 11 is 11.8. The van der Waals surface area contributed by atoms with Crippen LogP contribution in [0.1, 0.15) is 38.6 Å². The molecule has 0 bridgehead atoms. The van der Waals surface area contributed by atoms with Crippen molar-refractivity contribution >= 4 is 40.8 Å². The van der Waals surface area contributed by atoms with Crippen molar-refractivity contribution in [2.75, 3.05) is 0 Å². The highest BCUT2D eigenvalue weighted by Crippen LogP contribution is 2.24. The molecule has 0 aliphatic heterocycles. The summed E-state index contributed by atoms with van der Waals surface area (Å²) in [6.45, 7) is 0. The molecule has 4 nitrogen and oxygen atoms in total. The molecule has 0 radical (unpaired) electrons. The summed E-state index contributed by atoms with van der Waals surface area (Å²) < 4.78 is 0. The first-order valence-corrected chi connectivity index (χ1v) is 9.64. The van der Waals surface area contributed by atoms with Gasteiger partial charge in [0.1, 0.15) is 0 Å². The molecular formula is C23H17Cl2NO3. The lowest BCUT2D eigenvalue weighted by atomic mass is 9.90. The third kappa shape index (κ3) is 5.53. The Hall–Kier alpha value is -2.95. The van der Waals surface area contributed by atoms with Gasteiger partial charge in [0, 0.05) is 27.6 Å². The average molecular weight is 426 g/mol. The quantitative estimate of drug-likeness (QED) is 0.544. The van der Waals surface area contributed by atoms with Gasteiger partial charge < -0.3 is 0 Å². The first-order valence-electron chi connectivity index (χ1n) is 8.88. The summed E-state index contributed by atoms with van der Waals surface area (Å²) in [5, 5.41) is 3.38. The first kappa shape index (κ1) is 20.8. The van der Waals surface area contributed by atoms with Crippen LogP contribution in [0.2, 0.25) is 10.0 Å². The predicted octanol–water partition coefficient (Wildman–Crippen LogP) is 5.31. The third-order valence-corrected chi connectivity index (χ3v) is 4.92. The number of Topliss-reactive ketones (excluding diaryl/α,β-unsaturated/α-hetero) is 1. The molecule has 29 heavy (non-hydrogen) atoms. The zero-order valence-electron chi connectivity index (χ0n) is 15.3. The number of rotatable bonds is 6. The minimum Gasteiger partial charge on any atom is -0.294 e.